The van der Waals surface area contributed by atoms with Gasteiger partial charge in [0.1, 0.15) is 131 Å². The van der Waals surface area contributed by atoms with Crippen molar-refractivity contribution in [3.8, 4) is 0 Å². The first-order valence-electron chi connectivity index (χ1n) is 40.7. The quantitative estimate of drug-likeness (QED) is 0.0340. The summed E-state index contributed by atoms with van der Waals surface area (Å²) in [7, 11) is -7.71. The molecule has 0 aromatic heterocycles. The van der Waals surface area contributed by atoms with Gasteiger partial charge >= 0.3 is 0 Å². The molecule has 0 saturated carbocycles. The molecule has 16 aromatic rings. The molecular weight excluding hydrogens is 1730 g/mol. The zero-order valence-corrected chi connectivity index (χ0v) is 78.7. The summed E-state index contributed by atoms with van der Waals surface area (Å²) in [5.74, 6) is 20.0. The van der Waals surface area contributed by atoms with Crippen molar-refractivity contribution in [2.24, 2.45) is 0 Å². The van der Waals surface area contributed by atoms with Crippen molar-refractivity contribution < 1.29 is 38.9 Å². The Hall–Kier alpha value is -10.2. The Balaban J connectivity index is 0.000000179. The monoisotopic (exact) mass is 1830 g/mol. The first-order valence-corrected chi connectivity index (χ1v) is 53.3. The molecule has 0 amide bonds. The molecule has 15 heteroatoms. The van der Waals surface area contributed by atoms with Crippen molar-refractivity contribution >= 4 is 148 Å². The second kappa shape index (κ2) is 57.2. The molecule has 0 spiro atoms. The summed E-state index contributed by atoms with van der Waals surface area (Å²) < 4.78 is 4.94. The maximum Gasteiger partial charge on any atom is 0.102 e. The summed E-state index contributed by atoms with van der Waals surface area (Å²) in [6.07, 6.45) is 2.56. The summed E-state index contributed by atoms with van der Waals surface area (Å²) in [5.41, 5.74) is 0. The van der Waals surface area contributed by atoms with Crippen molar-refractivity contribution in [1.29, 1.82) is 21.6 Å². The third kappa shape index (κ3) is 31.5. The maximum absolute atomic E-state index is 6.00. The molecule has 610 valence electrons. The second-order valence-electron chi connectivity index (χ2n) is 27.8. The van der Waals surface area contributed by atoms with Gasteiger partial charge in [0.25, 0.3) is 0 Å². The van der Waals surface area contributed by atoms with Crippen molar-refractivity contribution in [1.82, 2.24) is 0 Å². The van der Waals surface area contributed by atoms with Crippen LogP contribution in [0, 0.1) is 21.6 Å². The average molecular weight is 1830 g/mol. The summed E-state index contributed by atoms with van der Waals surface area (Å²) in [6, 6.07) is 175. The van der Waals surface area contributed by atoms with Crippen LogP contribution in [0.5, 0.6) is 0 Å². The molecule has 1 aliphatic rings. The SMILES string of the molecule is C(=C/[PH+](c1ccccc1)c1ccccc1)/[PH+](c1ccccc1)c1ccccc1.C(=C/[PH+](c1ccccc1)c1ccccc1)/[PH+](c1ccccc1)c1ccccc1.C(=C/[PH+](c1ccccc1)c1ccccc1)/[PH+](c1ccccc1)c1ccccc1.C(=C/[PH+](c1ccccc1)c1ccccc1)/[PH+](c1ccccc1)c1ccccc1.C1CCOC1.N#N.N#N.[Fe].[Fe]. The van der Waals surface area contributed by atoms with E-state index in [0.29, 0.717) is 0 Å². The molecule has 0 atom stereocenters. The molecule has 5 nitrogen and oxygen atoms in total. The van der Waals surface area contributed by atoms with Gasteiger partial charge < -0.3 is 4.74 Å². The molecule has 17 rings (SSSR count). The number of ether oxygens (including phenoxy) is 1. The zero-order valence-electron chi connectivity index (χ0n) is 68.5. The van der Waals surface area contributed by atoms with E-state index in [4.69, 9.17) is 26.3 Å². The van der Waals surface area contributed by atoms with Gasteiger partial charge in [-0.25, -0.2) is 0 Å². The van der Waals surface area contributed by atoms with E-state index in [1.807, 2.05) is 0 Å². The number of hydrogen-bond donors (Lipinski definition) is 0. The topological polar surface area (TPSA) is 104 Å². The van der Waals surface area contributed by atoms with E-state index in [2.05, 4.69) is 532 Å². The molecule has 1 fully saturated rings. The van der Waals surface area contributed by atoms with Crippen LogP contribution in [-0.4, -0.2) is 13.2 Å². The van der Waals surface area contributed by atoms with E-state index < -0.39 is 63.4 Å². The summed E-state index contributed by atoms with van der Waals surface area (Å²) >= 11 is 0. The summed E-state index contributed by atoms with van der Waals surface area (Å²) in [5, 5.41) is 46.9. The van der Waals surface area contributed by atoms with Gasteiger partial charge in [0.05, 0.1) is 63.4 Å². The standard InChI is InChI=1S/4C26H22P2.C4H8O.2Fe.2N2/c4*1-5-13-23(14-6-1)27(24-15-7-2-8-16-24)21-22-28(25-17-9-3-10-18-25)26-19-11-4-12-20-26;1-2-4-5-3-1;;;2*1-2/h4*1-22H;1-4H2;;;;/p+8/b4*22-21-;;;;;. The normalized spacial score (nSPS) is 11.3. The fraction of sp³-hybridized carbons (Fsp3) is 0.0370. The number of rotatable bonds is 24. The van der Waals surface area contributed by atoms with Crippen LogP contribution in [-0.2, 0) is 38.9 Å². The van der Waals surface area contributed by atoms with Crippen molar-refractivity contribution in [3.05, 3.63) is 532 Å². The number of hydrogen-bond acceptors (Lipinski definition) is 5. The van der Waals surface area contributed by atoms with Crippen LogP contribution >= 0.6 is 63.4 Å². The number of nitrogens with zero attached hydrogens (tertiary/aromatic N) is 4. The Labute approximate surface area is 760 Å². The van der Waals surface area contributed by atoms with E-state index in [0.717, 1.165) is 13.2 Å². The van der Waals surface area contributed by atoms with E-state index in [1.54, 1.807) is 0 Å². The van der Waals surface area contributed by atoms with Gasteiger partial charge in [-0.1, -0.05) is 291 Å². The van der Waals surface area contributed by atoms with Crippen LogP contribution in [0.25, 0.3) is 0 Å². The minimum absolute atomic E-state index is 0. The Kier molecular flexibility index (Phi) is 44.9. The van der Waals surface area contributed by atoms with Gasteiger partial charge in [0.15, 0.2) is 0 Å². The van der Waals surface area contributed by atoms with Gasteiger partial charge in [-0.05, 0) is 207 Å². The van der Waals surface area contributed by atoms with Crippen molar-refractivity contribution in [2.75, 3.05) is 13.2 Å². The Morgan fingerprint density at radius 3 is 0.268 bits per heavy atom. The molecule has 16 aromatic carbocycles. The van der Waals surface area contributed by atoms with Crippen molar-refractivity contribution in [3.63, 3.8) is 0 Å². The average Bonchev–Trinajstić information content (AvgIpc) is 1.41. The molecule has 1 aliphatic heterocycles. The van der Waals surface area contributed by atoms with Crippen LogP contribution in [0.3, 0.4) is 0 Å². The smallest absolute Gasteiger partial charge is 0.102 e. The fourth-order valence-electron chi connectivity index (χ4n) is 13.9. The molecule has 0 bridgehead atoms. The zero-order chi connectivity index (χ0) is 83.6. The Bertz CT molecular complexity index is 4260. The summed E-state index contributed by atoms with van der Waals surface area (Å²) in [4.78, 5) is 0. The fourth-order valence-corrected chi connectivity index (χ4v) is 33.8. The molecule has 1 saturated heterocycles. The molecule has 123 heavy (non-hydrogen) atoms. The van der Waals surface area contributed by atoms with Gasteiger partial charge in [0, 0.05) is 68.9 Å². The molecule has 0 unspecified atom stereocenters. The molecular formula is C108H104Fe2N4OP8+8. The van der Waals surface area contributed by atoms with E-state index in [9.17, 15) is 0 Å². The summed E-state index contributed by atoms with van der Waals surface area (Å²) in [6.45, 7) is 2.00. The van der Waals surface area contributed by atoms with Crippen LogP contribution in [0.2, 0.25) is 0 Å². The van der Waals surface area contributed by atoms with Gasteiger partial charge in [-0.2, -0.15) is 0 Å². The molecule has 0 N–H and O–H groups in total. The third-order valence-electron chi connectivity index (χ3n) is 19.9. The van der Waals surface area contributed by atoms with E-state index in [1.165, 1.54) is 97.7 Å². The molecule has 0 radical (unpaired) electrons. The first-order chi connectivity index (χ1) is 60.2. The van der Waals surface area contributed by atoms with Crippen LogP contribution < -0.4 is 84.9 Å². The minimum atomic E-state index is -0.964. The van der Waals surface area contributed by atoms with Crippen LogP contribution in [0.4, 0.5) is 0 Å². The maximum atomic E-state index is 6.00. The predicted molar refractivity (Wildman–Crippen MR) is 547 cm³/mol. The van der Waals surface area contributed by atoms with Crippen molar-refractivity contribution in [2.45, 2.75) is 12.8 Å². The number of benzene rings is 16. The third-order valence-corrected chi connectivity index (χ3v) is 40.5. The largest absolute Gasteiger partial charge is 0.381 e. The predicted octanol–water partition coefficient (Wildman–Crippen LogP) is 21.6. The van der Waals surface area contributed by atoms with Gasteiger partial charge in [-0.15, -0.1) is 0 Å². The second-order valence-corrected chi connectivity index (χ2v) is 46.3. The Morgan fingerprint density at radius 1 is 0.138 bits per heavy atom. The Morgan fingerprint density at radius 2 is 0.211 bits per heavy atom. The van der Waals surface area contributed by atoms with Gasteiger partial charge in [-0.3, -0.25) is 0 Å². The molecule has 0 aliphatic carbocycles. The van der Waals surface area contributed by atoms with Crippen LogP contribution in [0.1, 0.15) is 12.8 Å². The minimum Gasteiger partial charge on any atom is -0.381 e. The molecule has 1 heterocycles. The first kappa shape index (κ1) is 96.6. The van der Waals surface area contributed by atoms with E-state index >= 15 is 0 Å². The van der Waals surface area contributed by atoms with E-state index in [-0.39, 0.29) is 34.1 Å². The van der Waals surface area contributed by atoms with Gasteiger partial charge in [0.2, 0.25) is 0 Å². The van der Waals surface area contributed by atoms with Crippen LogP contribution in [0.15, 0.2) is 532 Å².